The van der Waals surface area contributed by atoms with Crippen LogP contribution in [0.1, 0.15) is 25.7 Å². The van der Waals surface area contributed by atoms with E-state index in [1.165, 1.54) is 6.07 Å². The molecule has 0 heterocycles. The Morgan fingerprint density at radius 3 is 2.59 bits per heavy atom. The van der Waals surface area contributed by atoms with Crippen molar-refractivity contribution in [1.82, 2.24) is 0 Å². The number of amides is 1. The molecule has 0 spiro atoms. The number of nitrogens with one attached hydrogen (secondary N) is 1. The number of carboxylic acid groups (broad SMARTS) is 1. The van der Waals surface area contributed by atoms with Crippen molar-refractivity contribution in [3.63, 3.8) is 0 Å². The molecule has 2 N–H and O–H groups in total. The predicted molar refractivity (Wildman–Crippen MR) is 80.0 cm³/mol. The Balaban J connectivity index is 2.04. The van der Waals surface area contributed by atoms with Crippen molar-refractivity contribution < 1.29 is 23.5 Å². The number of hydrogen-bond donors (Lipinski definition) is 2. The molecule has 0 saturated heterocycles. The van der Waals surface area contributed by atoms with E-state index >= 15 is 0 Å². The van der Waals surface area contributed by atoms with Gasteiger partial charge in [0.15, 0.2) is 0 Å². The van der Waals surface area contributed by atoms with Gasteiger partial charge < -0.3 is 10.4 Å². The number of thioether (sulfide) groups is 1. The van der Waals surface area contributed by atoms with Crippen LogP contribution in [-0.2, 0) is 9.59 Å². The Morgan fingerprint density at radius 1 is 1.23 bits per heavy atom. The first-order chi connectivity index (χ1) is 10.5. The first-order valence-electron chi connectivity index (χ1n) is 7.05. The van der Waals surface area contributed by atoms with Crippen LogP contribution in [0, 0.1) is 11.8 Å². The van der Waals surface area contributed by atoms with E-state index in [-0.39, 0.29) is 11.8 Å². The molecule has 2 unspecified atom stereocenters. The molecule has 1 saturated carbocycles. The number of alkyl halides is 2. The normalized spacial score (nSPS) is 21.6. The van der Waals surface area contributed by atoms with E-state index in [1.54, 1.807) is 18.2 Å². The molecular weight excluding hydrogens is 312 g/mol. The topological polar surface area (TPSA) is 66.4 Å². The van der Waals surface area contributed by atoms with Crippen molar-refractivity contribution in [2.24, 2.45) is 11.8 Å². The predicted octanol–water partition coefficient (Wildman–Crippen LogP) is 3.83. The van der Waals surface area contributed by atoms with Gasteiger partial charge >= 0.3 is 5.97 Å². The molecule has 1 aromatic carbocycles. The molecule has 1 aliphatic carbocycles. The zero-order valence-electron chi connectivity index (χ0n) is 11.8. The summed E-state index contributed by atoms with van der Waals surface area (Å²) in [6.45, 7) is 0. The maximum absolute atomic E-state index is 12.5. The summed E-state index contributed by atoms with van der Waals surface area (Å²) in [5.41, 5.74) is 0.343. The standard InChI is InChI=1S/C15H17F2NO3S/c16-15(17)22-12-7-2-1-6-11(12)18-13(19)9-4-3-5-10(8-9)14(20)21/h1-2,6-7,9-10,15H,3-5,8H2,(H,18,19)(H,20,21). The second kappa shape index (κ2) is 7.58. The van der Waals surface area contributed by atoms with Gasteiger partial charge in [-0.2, -0.15) is 8.78 Å². The summed E-state index contributed by atoms with van der Waals surface area (Å²) >= 11 is 0.377. The van der Waals surface area contributed by atoms with Crippen LogP contribution in [0.25, 0.3) is 0 Å². The number of rotatable bonds is 5. The number of carbonyl (C=O) groups is 2. The van der Waals surface area contributed by atoms with E-state index in [2.05, 4.69) is 5.32 Å². The fourth-order valence-electron chi connectivity index (χ4n) is 2.66. The molecule has 0 aromatic heterocycles. The summed E-state index contributed by atoms with van der Waals surface area (Å²) in [4.78, 5) is 23.6. The maximum atomic E-state index is 12.5. The molecule has 0 aliphatic heterocycles. The maximum Gasteiger partial charge on any atom is 0.306 e. The van der Waals surface area contributed by atoms with E-state index in [4.69, 9.17) is 5.11 Å². The Kier molecular flexibility index (Phi) is 5.76. The Morgan fingerprint density at radius 2 is 1.91 bits per heavy atom. The van der Waals surface area contributed by atoms with Crippen molar-refractivity contribution in [3.8, 4) is 0 Å². The van der Waals surface area contributed by atoms with Gasteiger partial charge in [-0.15, -0.1) is 0 Å². The molecule has 1 aromatic rings. The Hall–Kier alpha value is -1.63. The third-order valence-corrected chi connectivity index (χ3v) is 4.54. The summed E-state index contributed by atoms with van der Waals surface area (Å²) in [5.74, 6) is -4.64. The molecule has 4 nitrogen and oxygen atoms in total. The fourth-order valence-corrected chi connectivity index (χ4v) is 3.25. The summed E-state index contributed by atoms with van der Waals surface area (Å²) in [5, 5.41) is 11.7. The largest absolute Gasteiger partial charge is 0.481 e. The molecule has 2 rings (SSSR count). The van der Waals surface area contributed by atoms with E-state index in [9.17, 15) is 18.4 Å². The lowest BCUT2D eigenvalue weighted by Gasteiger charge is -2.26. The zero-order chi connectivity index (χ0) is 16.1. The molecule has 1 amide bonds. The quantitative estimate of drug-likeness (QED) is 0.806. The number of para-hydroxylation sites is 1. The first-order valence-corrected chi connectivity index (χ1v) is 7.93. The lowest BCUT2D eigenvalue weighted by molar-refractivity contribution is -0.143. The number of halogens is 2. The molecule has 1 aliphatic rings. The third kappa shape index (κ3) is 4.43. The number of anilines is 1. The molecule has 120 valence electrons. The summed E-state index contributed by atoms with van der Waals surface area (Å²) in [6, 6.07) is 6.38. The molecule has 0 radical (unpaired) electrons. The average molecular weight is 329 g/mol. The first kappa shape index (κ1) is 16.7. The highest BCUT2D eigenvalue weighted by Crippen LogP contribution is 2.34. The minimum absolute atomic E-state index is 0.297. The molecule has 1 fully saturated rings. The van der Waals surface area contributed by atoms with Gasteiger partial charge in [0.2, 0.25) is 5.91 Å². The van der Waals surface area contributed by atoms with Gasteiger partial charge in [0.1, 0.15) is 0 Å². The lowest BCUT2D eigenvalue weighted by Crippen LogP contribution is -2.31. The van der Waals surface area contributed by atoms with Crippen LogP contribution >= 0.6 is 11.8 Å². The number of carboxylic acids is 1. The highest BCUT2D eigenvalue weighted by molar-refractivity contribution is 7.99. The van der Waals surface area contributed by atoms with Crippen LogP contribution < -0.4 is 5.32 Å². The molecule has 22 heavy (non-hydrogen) atoms. The van der Waals surface area contributed by atoms with Crippen LogP contribution in [-0.4, -0.2) is 22.7 Å². The van der Waals surface area contributed by atoms with Crippen LogP contribution in [0.15, 0.2) is 29.2 Å². The highest BCUT2D eigenvalue weighted by Gasteiger charge is 2.31. The summed E-state index contributed by atoms with van der Waals surface area (Å²) in [7, 11) is 0. The van der Waals surface area contributed by atoms with Gasteiger partial charge in [0.05, 0.1) is 11.6 Å². The van der Waals surface area contributed by atoms with E-state index in [1.807, 2.05) is 0 Å². The average Bonchev–Trinajstić information content (AvgIpc) is 2.49. The van der Waals surface area contributed by atoms with Crippen LogP contribution in [0.5, 0.6) is 0 Å². The van der Waals surface area contributed by atoms with Gasteiger partial charge in [-0.05, 0) is 31.4 Å². The van der Waals surface area contributed by atoms with Crippen molar-refractivity contribution in [1.29, 1.82) is 0 Å². The van der Waals surface area contributed by atoms with Gasteiger partial charge in [0, 0.05) is 10.8 Å². The van der Waals surface area contributed by atoms with Gasteiger partial charge in [-0.1, -0.05) is 30.3 Å². The number of benzene rings is 1. The second-order valence-corrected chi connectivity index (χ2v) is 6.29. The number of carbonyl (C=O) groups excluding carboxylic acids is 1. The lowest BCUT2D eigenvalue weighted by atomic mass is 9.81. The summed E-state index contributed by atoms with van der Waals surface area (Å²) in [6.07, 6.45) is 2.19. The van der Waals surface area contributed by atoms with Crippen LogP contribution in [0.4, 0.5) is 14.5 Å². The molecule has 0 bridgehead atoms. The zero-order valence-corrected chi connectivity index (χ0v) is 12.6. The third-order valence-electron chi connectivity index (χ3n) is 3.76. The number of hydrogen-bond acceptors (Lipinski definition) is 3. The molecular formula is C15H17F2NO3S. The minimum atomic E-state index is -2.57. The van der Waals surface area contributed by atoms with Gasteiger partial charge in [-0.25, -0.2) is 0 Å². The smallest absolute Gasteiger partial charge is 0.306 e. The summed E-state index contributed by atoms with van der Waals surface area (Å²) < 4.78 is 25.0. The molecule has 2 atom stereocenters. The van der Waals surface area contributed by atoms with Crippen molar-refractivity contribution in [2.75, 3.05) is 5.32 Å². The molecule has 7 heteroatoms. The SMILES string of the molecule is O=C(O)C1CCCC(C(=O)Nc2ccccc2SC(F)F)C1. The number of aliphatic carboxylic acids is 1. The van der Waals surface area contributed by atoms with Gasteiger partial charge in [0.25, 0.3) is 5.76 Å². The van der Waals surface area contributed by atoms with Crippen LogP contribution in [0.2, 0.25) is 0 Å². The Labute approximate surface area is 131 Å². The van der Waals surface area contributed by atoms with E-state index in [0.717, 1.165) is 0 Å². The van der Waals surface area contributed by atoms with Crippen molar-refractivity contribution in [3.05, 3.63) is 24.3 Å². The highest BCUT2D eigenvalue weighted by atomic mass is 32.2. The van der Waals surface area contributed by atoms with Crippen LogP contribution in [0.3, 0.4) is 0 Å². The van der Waals surface area contributed by atoms with E-state index in [0.29, 0.717) is 48.0 Å². The minimum Gasteiger partial charge on any atom is -0.481 e. The van der Waals surface area contributed by atoms with Crippen molar-refractivity contribution >= 4 is 29.3 Å². The Bertz CT molecular complexity index is 553. The second-order valence-electron chi connectivity index (χ2n) is 5.26. The fraction of sp³-hybridized carbons (Fsp3) is 0.467. The van der Waals surface area contributed by atoms with E-state index < -0.39 is 17.6 Å². The van der Waals surface area contributed by atoms with Crippen molar-refractivity contribution in [2.45, 2.75) is 36.3 Å². The monoisotopic (exact) mass is 329 g/mol. The van der Waals surface area contributed by atoms with Gasteiger partial charge in [-0.3, -0.25) is 9.59 Å².